The predicted octanol–water partition coefficient (Wildman–Crippen LogP) is 13.6. The van der Waals surface area contributed by atoms with Crippen molar-refractivity contribution in [3.8, 4) is 36.2 Å². The number of aryl methyl sites for hydroxylation is 2. The highest BCUT2D eigenvalue weighted by atomic mass is 19.3. The molecule has 4 aromatic heterocycles. The SMILES string of the molecule is CN1CCC[C@H]1COc1nc2c(c(N3CCN(C(=O)/C=C/c4cccnc4)[C@@H](CC#N)C3)n1)CCN(c1cccc3ccccc13)C2.Cc1cccc2cccc(N3CCc4c(nc(OC[C@@H]5CCCN5C)nc4N4CCN(C(=O)/C=C/C(F)F)[C@@H](CC#N)C4)C3)c12.Cc1cccc2cccc(N3CCc4c(nc(OC[C@@H]5CCCN5C)nc4N4CCN(C(=O)C5=CC(=O)CC5)[C@@H](CC#N)C4)C3)c12. The van der Waals surface area contributed by atoms with Crippen LogP contribution in [0.4, 0.5) is 43.3 Å². The topological polar surface area (TPSA) is 296 Å². The third-order valence-electron chi connectivity index (χ3n) is 29.2. The van der Waals surface area contributed by atoms with Gasteiger partial charge in [0.15, 0.2) is 5.78 Å². The Morgan fingerprint density at radius 1 is 0.442 bits per heavy atom. The Kier molecular flexibility index (Phi) is 29.6. The number of hydrogen-bond acceptors (Lipinski definition) is 26. The molecule has 20 rings (SSSR count). The van der Waals surface area contributed by atoms with Crippen LogP contribution >= 0.6 is 0 Å². The molecule has 6 aromatic carbocycles. The second kappa shape index (κ2) is 43.3. The first kappa shape index (κ1) is 94.6. The standard InChI is InChI=1S/C37H40N8O2.C36H41N7O3.C34H39F2N7O2/c1-42-19-6-10-30(42)26-47-37-40-33-25-43(34-12-4-9-28-8-2-3-11-31(28)34)20-16-32(33)36(41-37)44-21-22-45(29(24-44)15-17-38)35(46)14-13-27-7-5-18-39-23-27;1-24-6-3-7-25-8-4-10-32(33(24)25)41-17-14-30-31(22-41)38-36(46-23-28-9-5-16-40(28)2)39-34(30)42-18-19-43(27(21-42)13-15-37)35(45)26-11-12-29(44)20-26;1-23-6-3-7-24-8-4-10-29(32(23)24)41-17-14-27-28(21-41)38-34(45-22-26-9-5-16-40(26)2)39-33(27)42-18-19-43(25(20-42)13-15-37)31(44)12-11-30(35)36/h2-5,7-9,11-14,18,23,29-30H,6,10,15-16,19-22,24-26H2,1H3;3-4,6-8,10,20,27-28H,5,9,11-14,16-19,21-23H2,1-2H3;3-4,6-8,10-12,25-26,30H,5,9,13-14,16-22H2,1-2H3/b14-13+;;12-11+/t29-,30-;27-,28-;25-,26-/m000/s1. The summed E-state index contributed by atoms with van der Waals surface area (Å²) in [5, 5.41) is 36.4. The lowest BCUT2D eigenvalue weighted by Crippen LogP contribution is -2.56. The van der Waals surface area contributed by atoms with Gasteiger partial charge in [-0.3, -0.25) is 24.2 Å². The lowest BCUT2D eigenvalue weighted by Gasteiger charge is -2.42. The Morgan fingerprint density at radius 3 is 1.28 bits per heavy atom. The van der Waals surface area contributed by atoms with Crippen molar-refractivity contribution in [3.05, 3.63) is 220 Å². The van der Waals surface area contributed by atoms with Crippen molar-refractivity contribution in [2.75, 3.05) is 169 Å². The molecule has 0 N–H and O–H groups in total. The number of fused-ring (bicyclic) bond motifs is 6. The maximum atomic E-state index is 13.4. The van der Waals surface area contributed by atoms with Crippen LogP contribution in [0, 0.1) is 47.8 Å². The lowest BCUT2D eigenvalue weighted by molar-refractivity contribution is -0.130. The number of benzene rings is 6. The average Bonchev–Trinajstić information content (AvgIpc) is 1.03. The van der Waals surface area contributed by atoms with Crippen LogP contribution < -0.4 is 43.6 Å². The first-order valence-corrected chi connectivity index (χ1v) is 48.7. The van der Waals surface area contributed by atoms with Crippen LogP contribution in [-0.2, 0) is 58.1 Å². The maximum Gasteiger partial charge on any atom is 0.318 e. The van der Waals surface area contributed by atoms with Gasteiger partial charge in [0.2, 0.25) is 17.7 Å². The number of ether oxygens (including phenoxy) is 3. The summed E-state index contributed by atoms with van der Waals surface area (Å²) in [6, 6.07) is 52.2. The number of nitrogens with zero attached hydrogens (tertiary/aromatic N) is 22. The Bertz CT molecular complexity index is 6360. The molecular formula is C107H120F2N22O7. The number of piperazine rings is 3. The van der Waals surface area contributed by atoms with Crippen molar-refractivity contribution in [2.24, 2.45) is 0 Å². The van der Waals surface area contributed by atoms with Gasteiger partial charge in [-0.2, -0.15) is 45.7 Å². The van der Waals surface area contributed by atoms with Gasteiger partial charge in [-0.25, -0.2) is 8.78 Å². The number of amides is 3. The maximum absolute atomic E-state index is 13.4. The van der Waals surface area contributed by atoms with E-state index in [-0.39, 0.29) is 48.9 Å². The normalized spacial score (nSPS) is 20.8. The van der Waals surface area contributed by atoms with E-state index in [1.165, 1.54) is 77.9 Å². The highest BCUT2D eigenvalue weighted by molar-refractivity contribution is 6.06. The molecule has 29 nitrogen and oxygen atoms in total. The molecule has 3 amide bonds. The molecule has 0 radical (unpaired) electrons. The van der Waals surface area contributed by atoms with Gasteiger partial charge in [0.05, 0.1) is 92.3 Å². The van der Waals surface area contributed by atoms with Crippen LogP contribution in [0.25, 0.3) is 38.4 Å². The molecule has 6 atom stereocenters. The van der Waals surface area contributed by atoms with E-state index in [4.69, 9.17) is 44.1 Å². The number of carbonyl (C=O) groups is 4. The largest absolute Gasteiger partial charge is 0.462 e. The van der Waals surface area contributed by atoms with E-state index >= 15 is 0 Å². The summed E-state index contributed by atoms with van der Waals surface area (Å²) in [4.78, 5) is 111. The van der Waals surface area contributed by atoms with Gasteiger partial charge in [-0.15, -0.1) is 0 Å². The van der Waals surface area contributed by atoms with Crippen molar-refractivity contribution in [3.63, 3.8) is 0 Å². The molecule has 9 aliphatic heterocycles. The van der Waals surface area contributed by atoms with E-state index in [9.17, 15) is 43.7 Å². The van der Waals surface area contributed by atoms with Crippen LogP contribution in [0.2, 0.25) is 0 Å². The summed E-state index contributed by atoms with van der Waals surface area (Å²) >= 11 is 0. The fourth-order valence-corrected chi connectivity index (χ4v) is 21.6. The lowest BCUT2D eigenvalue weighted by atomic mass is 9.99. The number of anilines is 6. The summed E-state index contributed by atoms with van der Waals surface area (Å²) < 4.78 is 44.4. The van der Waals surface area contributed by atoms with Gasteiger partial charge in [0.1, 0.15) is 37.3 Å². The van der Waals surface area contributed by atoms with E-state index in [0.29, 0.717) is 159 Å². The molecule has 10 aromatic rings. The zero-order valence-corrected chi connectivity index (χ0v) is 79.4. The summed E-state index contributed by atoms with van der Waals surface area (Å²) in [6.45, 7) is 17.6. The molecular weight excluding hydrogens is 1740 g/mol. The van der Waals surface area contributed by atoms with Crippen LogP contribution in [0.1, 0.15) is 121 Å². The van der Waals surface area contributed by atoms with Gasteiger partial charge in [-0.05, 0) is 194 Å². The van der Waals surface area contributed by atoms with Crippen molar-refractivity contribution >= 4 is 96.4 Å². The number of rotatable bonds is 23. The molecule has 0 unspecified atom stereocenters. The number of aromatic nitrogens is 7. The van der Waals surface area contributed by atoms with Crippen molar-refractivity contribution in [2.45, 2.75) is 166 Å². The van der Waals surface area contributed by atoms with Crippen molar-refractivity contribution in [1.82, 2.24) is 64.3 Å². The first-order valence-electron chi connectivity index (χ1n) is 48.7. The third kappa shape index (κ3) is 21.3. The molecule has 6 fully saturated rings. The minimum absolute atomic E-state index is 0.00420. The minimum atomic E-state index is -2.71. The molecule has 6 saturated heterocycles. The molecule has 13 heterocycles. The fourth-order valence-electron chi connectivity index (χ4n) is 21.6. The molecule has 31 heteroatoms. The molecule has 1 aliphatic carbocycles. The Balaban J connectivity index is 0.000000137. The number of alkyl halides is 2. The van der Waals surface area contributed by atoms with Gasteiger partial charge in [0.25, 0.3) is 6.43 Å². The van der Waals surface area contributed by atoms with Crippen molar-refractivity contribution < 1.29 is 42.2 Å². The number of hydrogen-bond donors (Lipinski definition) is 0. The van der Waals surface area contributed by atoms with Crippen molar-refractivity contribution in [1.29, 1.82) is 15.8 Å². The fraction of sp³-hybridized carbons (Fsp3) is 0.439. The number of allylic oxidation sites excluding steroid dienone is 2. The van der Waals surface area contributed by atoms with Gasteiger partial charge >= 0.3 is 18.0 Å². The molecule has 10 aliphatic rings. The smallest absolute Gasteiger partial charge is 0.318 e. The average molecular weight is 1860 g/mol. The monoisotopic (exact) mass is 1860 g/mol. The van der Waals surface area contributed by atoms with E-state index in [2.05, 4.69) is 218 Å². The van der Waals surface area contributed by atoms with Gasteiger partial charge in [-0.1, -0.05) is 103 Å². The third-order valence-corrected chi connectivity index (χ3v) is 29.2. The number of likely N-dealkylation sites (N-methyl/N-ethyl adjacent to an activating group) is 3. The molecule has 0 saturated carbocycles. The van der Waals surface area contributed by atoms with Gasteiger partial charge < -0.3 is 73.0 Å². The highest BCUT2D eigenvalue weighted by Gasteiger charge is 2.41. The summed E-state index contributed by atoms with van der Waals surface area (Å²) in [5.41, 5.74) is 13.6. The number of carbonyl (C=O) groups excluding carboxylic acids is 4. The predicted molar refractivity (Wildman–Crippen MR) is 530 cm³/mol. The first-order chi connectivity index (χ1) is 67.3. The molecule has 714 valence electrons. The zero-order valence-electron chi connectivity index (χ0n) is 79.4. The van der Waals surface area contributed by atoms with E-state index in [1.54, 1.807) is 29.4 Å². The number of likely N-dealkylation sites (tertiary alicyclic amines) is 3. The zero-order chi connectivity index (χ0) is 95.5. The Hall–Kier alpha value is -13.8. The number of nitriles is 3. The minimum Gasteiger partial charge on any atom is -0.462 e. The van der Waals surface area contributed by atoms with Gasteiger partial charge in [0, 0.05) is 183 Å². The molecule has 0 bridgehead atoms. The summed E-state index contributed by atoms with van der Waals surface area (Å²) in [5.74, 6) is 1.74. The summed E-state index contributed by atoms with van der Waals surface area (Å²) in [6.07, 6.45) is 17.4. The van der Waals surface area contributed by atoms with Crippen LogP contribution in [0.15, 0.2) is 170 Å². The van der Waals surface area contributed by atoms with Crippen LogP contribution in [-0.4, -0.2) is 270 Å². The Labute approximate surface area is 805 Å². The van der Waals surface area contributed by atoms with E-state index < -0.39 is 18.4 Å². The van der Waals surface area contributed by atoms with E-state index in [0.717, 1.165) is 154 Å². The highest BCUT2D eigenvalue weighted by Crippen LogP contribution is 2.42. The summed E-state index contributed by atoms with van der Waals surface area (Å²) in [7, 11) is 6.39. The molecule has 0 spiro atoms. The second-order valence-electron chi connectivity index (χ2n) is 37.8. The Morgan fingerprint density at radius 2 is 0.855 bits per heavy atom. The van der Waals surface area contributed by atoms with E-state index in [1.807, 2.05) is 17.0 Å². The molecule has 138 heavy (non-hydrogen) atoms. The van der Waals surface area contributed by atoms with Crippen LogP contribution in [0.5, 0.6) is 18.0 Å². The number of ketones is 1. The van der Waals surface area contributed by atoms with Crippen LogP contribution in [0.3, 0.4) is 0 Å². The number of pyridine rings is 1. The second-order valence-corrected chi connectivity index (χ2v) is 37.8. The quantitative estimate of drug-likeness (QED) is 0.0537. The number of halogens is 2.